The summed E-state index contributed by atoms with van der Waals surface area (Å²) >= 11 is 0. The third kappa shape index (κ3) is 5.00. The Morgan fingerprint density at radius 2 is 2.11 bits per heavy atom. The van der Waals surface area contributed by atoms with Crippen molar-refractivity contribution < 1.29 is 13.2 Å². The van der Waals surface area contributed by atoms with E-state index in [1.165, 1.54) is 12.8 Å². The summed E-state index contributed by atoms with van der Waals surface area (Å²) in [6.07, 6.45) is 4.60. The number of rotatable bonds is 8. The van der Waals surface area contributed by atoms with Crippen LogP contribution in [0.1, 0.15) is 25.7 Å². The highest BCUT2D eigenvalue weighted by atomic mass is 32.2. The van der Waals surface area contributed by atoms with Crippen LogP contribution in [0.15, 0.2) is 0 Å². The van der Waals surface area contributed by atoms with Crippen LogP contribution in [-0.4, -0.2) is 58.7 Å². The zero-order valence-corrected chi connectivity index (χ0v) is 12.4. The van der Waals surface area contributed by atoms with Crippen molar-refractivity contribution >= 4 is 10.2 Å². The molecule has 1 aliphatic carbocycles. The van der Waals surface area contributed by atoms with Gasteiger partial charge in [0.05, 0.1) is 6.61 Å². The molecule has 1 unspecified atom stereocenters. The van der Waals surface area contributed by atoms with Crippen molar-refractivity contribution in [2.24, 2.45) is 5.92 Å². The Hall–Kier alpha value is -0.210. The number of ether oxygens (including phenoxy) is 1. The summed E-state index contributed by atoms with van der Waals surface area (Å²) in [6.45, 7) is 2.93. The van der Waals surface area contributed by atoms with Gasteiger partial charge in [-0.2, -0.15) is 17.4 Å². The van der Waals surface area contributed by atoms with Crippen LogP contribution < -0.4 is 10.0 Å². The number of hydrogen-bond acceptors (Lipinski definition) is 4. The van der Waals surface area contributed by atoms with Gasteiger partial charge in [-0.3, -0.25) is 0 Å². The predicted molar refractivity (Wildman–Crippen MR) is 74.1 cm³/mol. The first kappa shape index (κ1) is 15.2. The number of nitrogens with one attached hydrogen (secondary N) is 2. The second kappa shape index (κ2) is 6.99. The van der Waals surface area contributed by atoms with E-state index in [0.717, 1.165) is 19.4 Å². The minimum atomic E-state index is -3.34. The van der Waals surface area contributed by atoms with Gasteiger partial charge in [0, 0.05) is 32.8 Å². The van der Waals surface area contributed by atoms with E-state index in [0.29, 0.717) is 38.2 Å². The average molecular weight is 291 g/mol. The van der Waals surface area contributed by atoms with Crippen molar-refractivity contribution in [1.29, 1.82) is 0 Å². The molecular weight excluding hydrogens is 266 g/mol. The Morgan fingerprint density at radius 3 is 2.79 bits per heavy atom. The molecular formula is C12H25N3O3S. The van der Waals surface area contributed by atoms with E-state index < -0.39 is 10.2 Å². The smallest absolute Gasteiger partial charge is 0.279 e. The Morgan fingerprint density at radius 1 is 1.32 bits per heavy atom. The molecule has 1 heterocycles. The van der Waals surface area contributed by atoms with Crippen molar-refractivity contribution in [3.63, 3.8) is 0 Å². The van der Waals surface area contributed by atoms with E-state index in [2.05, 4.69) is 10.0 Å². The molecule has 1 aliphatic heterocycles. The Kier molecular flexibility index (Phi) is 5.58. The van der Waals surface area contributed by atoms with Crippen LogP contribution in [0, 0.1) is 5.92 Å². The molecule has 2 rings (SSSR count). The van der Waals surface area contributed by atoms with Crippen LogP contribution in [0.3, 0.4) is 0 Å². The second-order valence-corrected chi connectivity index (χ2v) is 7.20. The fourth-order valence-corrected chi connectivity index (χ4v) is 3.70. The quantitative estimate of drug-likeness (QED) is 0.614. The molecule has 2 fully saturated rings. The van der Waals surface area contributed by atoms with E-state index in [9.17, 15) is 8.42 Å². The van der Waals surface area contributed by atoms with Crippen LogP contribution in [-0.2, 0) is 14.9 Å². The fraction of sp³-hybridized carbons (Fsp3) is 1.00. The standard InChI is InChI=1S/C12H25N3O3S/c1-18-8-6-14-19(16,17)15-7-2-3-11(10-15)9-13-12-4-5-12/h11-14H,2-10H2,1H3. The molecule has 0 bridgehead atoms. The topological polar surface area (TPSA) is 70.7 Å². The molecule has 0 spiro atoms. The first-order valence-corrected chi connectivity index (χ1v) is 8.53. The van der Waals surface area contributed by atoms with Gasteiger partial charge >= 0.3 is 0 Å². The molecule has 0 aromatic carbocycles. The van der Waals surface area contributed by atoms with Crippen LogP contribution in [0.4, 0.5) is 0 Å². The van der Waals surface area contributed by atoms with Crippen LogP contribution in [0.5, 0.6) is 0 Å². The van der Waals surface area contributed by atoms with Gasteiger partial charge < -0.3 is 10.1 Å². The monoisotopic (exact) mass is 291 g/mol. The van der Waals surface area contributed by atoms with Gasteiger partial charge in [0.25, 0.3) is 10.2 Å². The van der Waals surface area contributed by atoms with Crippen LogP contribution >= 0.6 is 0 Å². The van der Waals surface area contributed by atoms with Gasteiger partial charge in [0.2, 0.25) is 0 Å². The maximum absolute atomic E-state index is 12.1. The summed E-state index contributed by atoms with van der Waals surface area (Å²) in [5, 5.41) is 3.49. The highest BCUT2D eigenvalue weighted by Crippen LogP contribution is 2.22. The molecule has 1 atom stereocenters. The van der Waals surface area contributed by atoms with Gasteiger partial charge in [-0.25, -0.2) is 0 Å². The van der Waals surface area contributed by atoms with E-state index in [1.807, 2.05) is 0 Å². The zero-order chi connectivity index (χ0) is 13.7. The summed E-state index contributed by atoms with van der Waals surface area (Å²) in [7, 11) is -1.77. The molecule has 6 nitrogen and oxygen atoms in total. The third-order valence-electron chi connectivity index (χ3n) is 3.68. The largest absolute Gasteiger partial charge is 0.383 e. The summed E-state index contributed by atoms with van der Waals surface area (Å²) in [6, 6.07) is 0.687. The molecule has 0 radical (unpaired) electrons. The summed E-state index contributed by atoms with van der Waals surface area (Å²) in [5.74, 6) is 0.438. The van der Waals surface area contributed by atoms with Crippen molar-refractivity contribution in [3.8, 4) is 0 Å². The normalized spacial score (nSPS) is 25.6. The fourth-order valence-electron chi connectivity index (χ4n) is 2.40. The second-order valence-electron chi connectivity index (χ2n) is 5.44. The van der Waals surface area contributed by atoms with E-state index in [-0.39, 0.29) is 0 Å². The van der Waals surface area contributed by atoms with Crippen molar-refractivity contribution in [1.82, 2.24) is 14.3 Å². The summed E-state index contributed by atoms with van der Waals surface area (Å²) < 4.78 is 33.2. The number of piperidine rings is 1. The molecule has 2 N–H and O–H groups in total. The van der Waals surface area contributed by atoms with Gasteiger partial charge in [0.1, 0.15) is 0 Å². The van der Waals surface area contributed by atoms with Gasteiger partial charge in [0.15, 0.2) is 0 Å². The summed E-state index contributed by atoms with van der Waals surface area (Å²) in [5.41, 5.74) is 0. The maximum Gasteiger partial charge on any atom is 0.279 e. The highest BCUT2D eigenvalue weighted by Gasteiger charge is 2.29. The molecule has 19 heavy (non-hydrogen) atoms. The average Bonchev–Trinajstić information content (AvgIpc) is 3.21. The molecule has 0 aromatic heterocycles. The van der Waals surface area contributed by atoms with E-state index in [1.54, 1.807) is 11.4 Å². The molecule has 7 heteroatoms. The molecule has 112 valence electrons. The lowest BCUT2D eigenvalue weighted by Crippen LogP contribution is -2.48. The minimum absolute atomic E-state index is 0.334. The molecule has 0 amide bonds. The zero-order valence-electron chi connectivity index (χ0n) is 11.6. The van der Waals surface area contributed by atoms with Crippen LogP contribution in [0.2, 0.25) is 0 Å². The molecule has 1 saturated heterocycles. The van der Waals surface area contributed by atoms with E-state index in [4.69, 9.17) is 4.74 Å². The lowest BCUT2D eigenvalue weighted by molar-refractivity contribution is 0.202. The molecule has 0 aromatic rings. The Balaban J connectivity index is 1.77. The minimum Gasteiger partial charge on any atom is -0.383 e. The van der Waals surface area contributed by atoms with Crippen LogP contribution in [0.25, 0.3) is 0 Å². The number of nitrogens with zero attached hydrogens (tertiary/aromatic N) is 1. The number of hydrogen-bond donors (Lipinski definition) is 2. The molecule has 2 aliphatic rings. The number of methoxy groups -OCH3 is 1. The Labute approximate surface area is 116 Å². The first-order chi connectivity index (χ1) is 9.12. The van der Waals surface area contributed by atoms with Crippen molar-refractivity contribution in [2.45, 2.75) is 31.7 Å². The highest BCUT2D eigenvalue weighted by molar-refractivity contribution is 7.87. The molecule has 1 saturated carbocycles. The Bertz CT molecular complexity index is 370. The SMILES string of the molecule is COCCNS(=O)(=O)N1CCCC(CNC2CC2)C1. The van der Waals surface area contributed by atoms with Gasteiger partial charge in [-0.05, 0) is 38.1 Å². The lowest BCUT2D eigenvalue weighted by Gasteiger charge is -2.32. The van der Waals surface area contributed by atoms with E-state index >= 15 is 0 Å². The lowest BCUT2D eigenvalue weighted by atomic mass is 10.00. The van der Waals surface area contributed by atoms with Gasteiger partial charge in [-0.1, -0.05) is 0 Å². The summed E-state index contributed by atoms with van der Waals surface area (Å²) in [4.78, 5) is 0. The predicted octanol–water partition coefficient (Wildman–Crippen LogP) is -0.0688. The first-order valence-electron chi connectivity index (χ1n) is 7.09. The third-order valence-corrected chi connectivity index (χ3v) is 5.27. The maximum atomic E-state index is 12.1. The van der Waals surface area contributed by atoms with Crippen molar-refractivity contribution in [3.05, 3.63) is 0 Å². The van der Waals surface area contributed by atoms with Gasteiger partial charge in [-0.15, -0.1) is 0 Å². The van der Waals surface area contributed by atoms with Crippen molar-refractivity contribution in [2.75, 3.05) is 39.9 Å².